The van der Waals surface area contributed by atoms with E-state index in [-0.39, 0.29) is 12.0 Å². The number of carbonyl (C=O) groups excluding carboxylic acids is 1. The van der Waals surface area contributed by atoms with E-state index in [1.54, 1.807) is 0 Å². The van der Waals surface area contributed by atoms with Gasteiger partial charge in [0.1, 0.15) is 11.4 Å². The van der Waals surface area contributed by atoms with Crippen LogP contribution in [0.2, 0.25) is 0 Å². The van der Waals surface area contributed by atoms with Crippen LogP contribution in [0.4, 0.5) is 5.69 Å². The number of anilines is 1. The van der Waals surface area contributed by atoms with Crippen molar-refractivity contribution in [3.05, 3.63) is 23.8 Å². The van der Waals surface area contributed by atoms with E-state index in [0.717, 1.165) is 29.8 Å². The number of hydrogen-bond acceptors (Lipinski definition) is 3. The lowest BCUT2D eigenvalue weighted by Crippen LogP contribution is -2.44. The summed E-state index contributed by atoms with van der Waals surface area (Å²) in [6.45, 7) is 14.9. The van der Waals surface area contributed by atoms with Crippen LogP contribution >= 0.6 is 0 Å². The molecular formula is C21H35NO3. The van der Waals surface area contributed by atoms with Gasteiger partial charge in [-0.2, -0.15) is 0 Å². The van der Waals surface area contributed by atoms with Crippen LogP contribution in [0, 0.1) is 12.8 Å². The first-order valence-electron chi connectivity index (χ1n) is 9.44. The summed E-state index contributed by atoms with van der Waals surface area (Å²) in [5.41, 5.74) is 0.969. The minimum atomic E-state index is -0.815. The van der Waals surface area contributed by atoms with Crippen LogP contribution in [-0.2, 0) is 9.53 Å². The maximum atomic E-state index is 12.8. The first-order valence-corrected chi connectivity index (χ1v) is 9.44. The zero-order valence-electron chi connectivity index (χ0n) is 16.9. The molecule has 0 aliphatic carbocycles. The summed E-state index contributed by atoms with van der Waals surface area (Å²) in [6, 6.07) is 5.76. The molecule has 4 nitrogen and oxygen atoms in total. The van der Waals surface area contributed by atoms with Crippen LogP contribution in [0.25, 0.3) is 0 Å². The van der Waals surface area contributed by atoms with Crippen molar-refractivity contribution in [3.8, 4) is 5.75 Å². The zero-order chi connectivity index (χ0) is 19.0. The molecule has 0 heterocycles. The molecule has 0 spiro atoms. The third-order valence-corrected chi connectivity index (χ3v) is 4.24. The van der Waals surface area contributed by atoms with Crippen molar-refractivity contribution in [2.75, 3.05) is 11.9 Å². The largest absolute Gasteiger partial charge is 0.490 e. The minimum absolute atomic E-state index is 0.0929. The fourth-order valence-corrected chi connectivity index (χ4v) is 2.75. The molecule has 1 rings (SSSR count). The maximum Gasteiger partial charge on any atom is 0.256 e. The second-order valence-corrected chi connectivity index (χ2v) is 7.45. The van der Waals surface area contributed by atoms with Crippen LogP contribution in [0.15, 0.2) is 18.2 Å². The van der Waals surface area contributed by atoms with Crippen LogP contribution in [-0.4, -0.2) is 24.2 Å². The molecule has 0 radical (unpaired) electrons. The molecule has 1 aromatic carbocycles. The van der Waals surface area contributed by atoms with Crippen molar-refractivity contribution in [2.45, 2.75) is 79.4 Å². The highest BCUT2D eigenvalue weighted by Crippen LogP contribution is 2.27. The summed E-state index contributed by atoms with van der Waals surface area (Å²) in [4.78, 5) is 12.8. The Morgan fingerprint density at radius 3 is 2.44 bits per heavy atom. The van der Waals surface area contributed by atoms with Crippen molar-refractivity contribution in [1.29, 1.82) is 0 Å². The van der Waals surface area contributed by atoms with E-state index in [9.17, 15) is 4.79 Å². The summed E-state index contributed by atoms with van der Waals surface area (Å²) >= 11 is 0. The number of carbonyl (C=O) groups is 1. The summed E-state index contributed by atoms with van der Waals surface area (Å²) in [5.74, 6) is 1.14. The number of ether oxygens (including phenoxy) is 2. The third-order valence-electron chi connectivity index (χ3n) is 4.24. The second kappa shape index (κ2) is 9.81. The van der Waals surface area contributed by atoms with E-state index in [0.29, 0.717) is 18.9 Å². The van der Waals surface area contributed by atoms with E-state index in [1.165, 1.54) is 0 Å². The molecule has 0 aliphatic rings. The highest BCUT2D eigenvalue weighted by atomic mass is 16.5. The third kappa shape index (κ3) is 6.69. The number of rotatable bonds is 10. The molecule has 0 unspecified atom stereocenters. The number of amides is 1. The topological polar surface area (TPSA) is 47.6 Å². The SMILES string of the molecule is CCCO[C@@](C)(CC(C)C)C(=O)Nc1ccc(O[C@@H](C)CC)c(C)c1. The normalized spacial score (nSPS) is 14.9. The second-order valence-electron chi connectivity index (χ2n) is 7.45. The van der Waals surface area contributed by atoms with Gasteiger partial charge in [0.25, 0.3) is 5.91 Å². The standard InChI is InChI=1S/C21H35NO3/c1-8-12-24-21(7,14-15(3)4)20(23)22-18-10-11-19(16(5)13-18)25-17(6)9-2/h10-11,13,15,17H,8-9,12,14H2,1-7H3,(H,22,23)/t17-,21-/m0/s1. The van der Waals surface area contributed by atoms with Crippen molar-refractivity contribution in [3.63, 3.8) is 0 Å². The van der Waals surface area contributed by atoms with Gasteiger partial charge in [-0.1, -0.05) is 27.7 Å². The Hall–Kier alpha value is -1.55. The van der Waals surface area contributed by atoms with E-state index in [2.05, 4.69) is 33.0 Å². The molecule has 0 saturated carbocycles. The van der Waals surface area contributed by atoms with Gasteiger partial charge in [-0.3, -0.25) is 4.79 Å². The molecule has 1 amide bonds. The number of nitrogens with one attached hydrogen (secondary N) is 1. The molecular weight excluding hydrogens is 314 g/mol. The molecule has 0 aromatic heterocycles. The Morgan fingerprint density at radius 1 is 1.24 bits per heavy atom. The highest BCUT2D eigenvalue weighted by Gasteiger charge is 2.35. The van der Waals surface area contributed by atoms with E-state index in [1.807, 2.05) is 39.0 Å². The molecule has 2 atom stereocenters. The molecule has 142 valence electrons. The molecule has 0 fully saturated rings. The zero-order valence-corrected chi connectivity index (χ0v) is 16.9. The van der Waals surface area contributed by atoms with Gasteiger partial charge in [-0.05, 0) is 69.7 Å². The van der Waals surface area contributed by atoms with Gasteiger partial charge in [0.05, 0.1) is 6.10 Å². The summed E-state index contributed by atoms with van der Waals surface area (Å²) < 4.78 is 11.8. The lowest BCUT2D eigenvalue weighted by atomic mass is 9.93. The van der Waals surface area contributed by atoms with Gasteiger partial charge >= 0.3 is 0 Å². The number of aryl methyl sites for hydroxylation is 1. The number of benzene rings is 1. The fourth-order valence-electron chi connectivity index (χ4n) is 2.75. The van der Waals surface area contributed by atoms with Crippen LogP contribution < -0.4 is 10.1 Å². The Morgan fingerprint density at radius 2 is 1.92 bits per heavy atom. The maximum absolute atomic E-state index is 12.8. The summed E-state index contributed by atoms with van der Waals surface area (Å²) in [5, 5.41) is 3.01. The van der Waals surface area contributed by atoms with Gasteiger partial charge < -0.3 is 14.8 Å². The summed E-state index contributed by atoms with van der Waals surface area (Å²) in [7, 11) is 0. The Labute approximate surface area is 153 Å². The number of hydrogen-bond donors (Lipinski definition) is 1. The van der Waals surface area contributed by atoms with Gasteiger partial charge in [0.15, 0.2) is 0 Å². The van der Waals surface area contributed by atoms with E-state index in [4.69, 9.17) is 9.47 Å². The van der Waals surface area contributed by atoms with E-state index >= 15 is 0 Å². The van der Waals surface area contributed by atoms with Gasteiger partial charge in [-0.25, -0.2) is 0 Å². The molecule has 25 heavy (non-hydrogen) atoms. The average Bonchev–Trinajstić information content (AvgIpc) is 2.54. The van der Waals surface area contributed by atoms with Crippen molar-refractivity contribution in [1.82, 2.24) is 0 Å². The highest BCUT2D eigenvalue weighted by molar-refractivity contribution is 5.97. The lowest BCUT2D eigenvalue weighted by molar-refractivity contribution is -0.141. The van der Waals surface area contributed by atoms with Crippen molar-refractivity contribution in [2.24, 2.45) is 5.92 Å². The van der Waals surface area contributed by atoms with Gasteiger partial charge in [0.2, 0.25) is 0 Å². The van der Waals surface area contributed by atoms with Crippen LogP contribution in [0.3, 0.4) is 0 Å². The molecule has 4 heteroatoms. The fraction of sp³-hybridized carbons (Fsp3) is 0.667. The van der Waals surface area contributed by atoms with Gasteiger partial charge in [0, 0.05) is 12.3 Å². The molecule has 0 saturated heterocycles. The van der Waals surface area contributed by atoms with E-state index < -0.39 is 5.60 Å². The summed E-state index contributed by atoms with van der Waals surface area (Å²) in [6.07, 6.45) is 2.71. The Bertz CT molecular complexity index is 556. The lowest BCUT2D eigenvalue weighted by Gasteiger charge is -2.30. The first kappa shape index (κ1) is 21.5. The molecule has 1 aromatic rings. The quantitative estimate of drug-likeness (QED) is 0.620. The predicted octanol–water partition coefficient (Wildman–Crippen LogP) is 5.34. The molecule has 1 N–H and O–H groups in total. The average molecular weight is 350 g/mol. The van der Waals surface area contributed by atoms with Crippen molar-refractivity contribution >= 4 is 11.6 Å². The minimum Gasteiger partial charge on any atom is -0.490 e. The first-order chi connectivity index (χ1) is 11.7. The van der Waals surface area contributed by atoms with Crippen molar-refractivity contribution < 1.29 is 14.3 Å². The Kier molecular flexibility index (Phi) is 8.43. The van der Waals surface area contributed by atoms with Gasteiger partial charge in [-0.15, -0.1) is 0 Å². The monoisotopic (exact) mass is 349 g/mol. The Balaban J connectivity index is 2.87. The van der Waals surface area contributed by atoms with Crippen LogP contribution in [0.5, 0.6) is 5.75 Å². The predicted molar refractivity (Wildman–Crippen MR) is 104 cm³/mol. The molecule has 0 bridgehead atoms. The molecule has 0 aliphatic heterocycles. The van der Waals surface area contributed by atoms with Crippen LogP contribution in [0.1, 0.15) is 66.4 Å². The smallest absolute Gasteiger partial charge is 0.256 e.